The summed E-state index contributed by atoms with van der Waals surface area (Å²) in [7, 11) is 0. The van der Waals surface area contributed by atoms with Gasteiger partial charge in [0.05, 0.1) is 10.7 Å². The lowest BCUT2D eigenvalue weighted by atomic mass is 10.2. The summed E-state index contributed by atoms with van der Waals surface area (Å²) in [6, 6.07) is 25.6. The van der Waals surface area contributed by atoms with Gasteiger partial charge in [0.15, 0.2) is 0 Å². The van der Waals surface area contributed by atoms with E-state index in [1.54, 1.807) is 36.4 Å². The Hall–Kier alpha value is -4.66. The van der Waals surface area contributed by atoms with E-state index in [4.69, 9.17) is 27.9 Å². The Morgan fingerprint density at radius 1 is 0.769 bits per heavy atom. The number of halogens is 3. The van der Waals surface area contributed by atoms with Crippen molar-refractivity contribution in [1.82, 2.24) is 0 Å². The number of benzene rings is 4. The third-order valence-electron chi connectivity index (χ3n) is 5.70. The molecule has 1 aliphatic rings. The van der Waals surface area contributed by atoms with Crippen molar-refractivity contribution in [2.45, 2.75) is 0 Å². The van der Waals surface area contributed by atoms with Crippen LogP contribution in [0, 0.1) is 5.82 Å². The number of carbonyl (C=O) groups excluding carboxylic acids is 3. The fraction of sp³-hybridized carbons (Fsp3) is 0. The average molecular weight is 562 g/mol. The summed E-state index contributed by atoms with van der Waals surface area (Å²) < 4.78 is 19.1. The molecule has 0 unspecified atom stereocenters. The molecule has 1 heterocycles. The summed E-state index contributed by atoms with van der Waals surface area (Å²) in [6.45, 7) is 0. The molecule has 0 fully saturated rings. The van der Waals surface area contributed by atoms with E-state index in [9.17, 15) is 18.8 Å². The smallest absolute Gasteiger partial charge is 0.283 e. The number of carbonyl (C=O) groups is 3. The minimum atomic E-state index is -0.671. The number of rotatable bonds is 7. The molecule has 0 spiro atoms. The van der Waals surface area contributed by atoms with E-state index in [0.717, 1.165) is 11.0 Å². The van der Waals surface area contributed by atoms with Gasteiger partial charge in [-0.3, -0.25) is 14.4 Å². The van der Waals surface area contributed by atoms with E-state index in [1.807, 2.05) is 30.3 Å². The zero-order chi connectivity index (χ0) is 27.5. The molecule has 4 aromatic carbocycles. The first-order valence-electron chi connectivity index (χ1n) is 11.5. The van der Waals surface area contributed by atoms with Gasteiger partial charge in [-0.2, -0.15) is 0 Å². The van der Waals surface area contributed by atoms with Crippen LogP contribution in [-0.4, -0.2) is 17.7 Å². The number of amides is 3. The van der Waals surface area contributed by atoms with Crippen LogP contribution in [0.2, 0.25) is 5.02 Å². The molecular weight excluding hydrogens is 544 g/mol. The fourth-order valence-corrected chi connectivity index (χ4v) is 4.15. The Morgan fingerprint density at radius 3 is 2.08 bits per heavy atom. The third-order valence-corrected chi connectivity index (χ3v) is 6.34. The van der Waals surface area contributed by atoms with E-state index in [0.29, 0.717) is 34.1 Å². The molecule has 5 rings (SSSR count). The predicted octanol–water partition coefficient (Wildman–Crippen LogP) is 6.96. The average Bonchev–Trinajstić information content (AvgIpc) is 3.15. The molecule has 3 amide bonds. The summed E-state index contributed by atoms with van der Waals surface area (Å²) >= 11 is 12.0. The first-order chi connectivity index (χ1) is 18.8. The van der Waals surface area contributed by atoms with Gasteiger partial charge in [0.2, 0.25) is 0 Å². The first kappa shape index (κ1) is 26.0. The van der Waals surface area contributed by atoms with Crippen molar-refractivity contribution in [2.75, 3.05) is 15.5 Å². The number of imide groups is 1. The molecule has 194 valence electrons. The Labute approximate surface area is 232 Å². The largest absolute Gasteiger partial charge is 0.457 e. The molecule has 1 aliphatic heterocycles. The summed E-state index contributed by atoms with van der Waals surface area (Å²) in [5.41, 5.74) is 1.30. The lowest BCUT2D eigenvalue weighted by Gasteiger charge is -2.16. The Balaban J connectivity index is 1.25. The van der Waals surface area contributed by atoms with Crippen LogP contribution in [0.4, 0.5) is 21.5 Å². The van der Waals surface area contributed by atoms with E-state index in [1.165, 1.54) is 24.3 Å². The maximum atomic E-state index is 13.3. The van der Waals surface area contributed by atoms with Gasteiger partial charge in [0.25, 0.3) is 17.7 Å². The highest BCUT2D eigenvalue weighted by molar-refractivity contribution is 6.53. The number of nitrogens with zero attached hydrogens (tertiary/aromatic N) is 1. The molecule has 7 nitrogen and oxygen atoms in total. The minimum Gasteiger partial charge on any atom is -0.457 e. The number of ether oxygens (including phenoxy) is 1. The molecule has 2 N–H and O–H groups in total. The molecule has 4 aromatic rings. The first-order valence-corrected chi connectivity index (χ1v) is 12.3. The zero-order valence-corrected chi connectivity index (χ0v) is 21.5. The summed E-state index contributed by atoms with van der Waals surface area (Å²) in [4.78, 5) is 39.4. The Kier molecular flexibility index (Phi) is 7.31. The lowest BCUT2D eigenvalue weighted by molar-refractivity contribution is -0.120. The van der Waals surface area contributed by atoms with Crippen molar-refractivity contribution in [3.05, 3.63) is 124 Å². The van der Waals surface area contributed by atoms with Gasteiger partial charge < -0.3 is 15.4 Å². The maximum Gasteiger partial charge on any atom is 0.283 e. The lowest BCUT2D eigenvalue weighted by Crippen LogP contribution is -2.32. The molecule has 0 atom stereocenters. The highest BCUT2D eigenvalue weighted by Crippen LogP contribution is 2.32. The molecule has 10 heteroatoms. The van der Waals surface area contributed by atoms with Gasteiger partial charge in [0.1, 0.15) is 28.0 Å². The van der Waals surface area contributed by atoms with Gasteiger partial charge in [-0.1, -0.05) is 41.4 Å². The minimum absolute atomic E-state index is 0.0931. The highest BCUT2D eigenvalue weighted by Gasteiger charge is 2.39. The van der Waals surface area contributed by atoms with Crippen LogP contribution in [0.3, 0.4) is 0 Å². The standard InChI is InChI=1S/C29H18Cl2FN3O4/c30-23-16-19(10-15-24(23)32)34-27(36)17-6-8-18(9-7-17)33-26-25(31)28(37)35(29(26)38)20-11-13-22(14-12-20)39-21-4-2-1-3-5-21/h1-16,33H,(H,34,36). The molecule has 0 bridgehead atoms. The van der Waals surface area contributed by atoms with E-state index < -0.39 is 23.5 Å². The number of nitrogens with one attached hydrogen (secondary N) is 2. The van der Waals surface area contributed by atoms with Gasteiger partial charge >= 0.3 is 0 Å². The zero-order valence-electron chi connectivity index (χ0n) is 20.0. The van der Waals surface area contributed by atoms with Gasteiger partial charge in [0, 0.05) is 16.9 Å². The molecule has 0 aromatic heterocycles. The molecular formula is C29H18Cl2FN3O4. The van der Waals surface area contributed by atoms with Crippen molar-refractivity contribution in [1.29, 1.82) is 0 Å². The summed E-state index contributed by atoms with van der Waals surface area (Å²) in [5, 5.41) is 5.11. The normalized spacial score (nSPS) is 13.1. The van der Waals surface area contributed by atoms with Crippen molar-refractivity contribution in [3.63, 3.8) is 0 Å². The second-order valence-corrected chi connectivity index (χ2v) is 9.11. The van der Waals surface area contributed by atoms with Crippen molar-refractivity contribution >= 4 is 58.0 Å². The second-order valence-electron chi connectivity index (χ2n) is 8.33. The molecule has 0 aliphatic carbocycles. The SMILES string of the molecule is O=C(Nc1ccc(F)c(Cl)c1)c1ccc(NC2=C(Cl)C(=O)N(c3ccc(Oc4ccccc4)cc3)C2=O)cc1. The molecule has 0 saturated heterocycles. The Bertz CT molecular complexity index is 1610. The van der Waals surface area contributed by atoms with Crippen molar-refractivity contribution in [2.24, 2.45) is 0 Å². The van der Waals surface area contributed by atoms with E-state index in [-0.39, 0.29) is 15.8 Å². The molecule has 0 radical (unpaired) electrons. The highest BCUT2D eigenvalue weighted by atomic mass is 35.5. The quantitative estimate of drug-likeness (QED) is 0.238. The van der Waals surface area contributed by atoms with Crippen LogP contribution in [-0.2, 0) is 9.59 Å². The predicted molar refractivity (Wildman–Crippen MR) is 148 cm³/mol. The topological polar surface area (TPSA) is 87.7 Å². The molecule has 0 saturated carbocycles. The second kappa shape index (κ2) is 11.0. The van der Waals surface area contributed by atoms with Crippen molar-refractivity contribution < 1.29 is 23.5 Å². The monoisotopic (exact) mass is 561 g/mol. The van der Waals surface area contributed by atoms with Gasteiger partial charge in [-0.05, 0) is 78.9 Å². The van der Waals surface area contributed by atoms with Crippen LogP contribution in [0.15, 0.2) is 108 Å². The van der Waals surface area contributed by atoms with Crippen LogP contribution >= 0.6 is 23.2 Å². The van der Waals surface area contributed by atoms with Gasteiger partial charge in [-0.15, -0.1) is 0 Å². The fourth-order valence-electron chi connectivity index (χ4n) is 3.76. The third kappa shape index (κ3) is 5.62. The number of para-hydroxylation sites is 1. The van der Waals surface area contributed by atoms with Crippen molar-refractivity contribution in [3.8, 4) is 11.5 Å². The maximum absolute atomic E-state index is 13.3. The van der Waals surface area contributed by atoms with E-state index >= 15 is 0 Å². The van der Waals surface area contributed by atoms with Crippen LogP contribution in [0.5, 0.6) is 11.5 Å². The molecule has 39 heavy (non-hydrogen) atoms. The number of anilines is 3. The summed E-state index contributed by atoms with van der Waals surface area (Å²) in [6.07, 6.45) is 0. The number of hydrogen-bond acceptors (Lipinski definition) is 5. The van der Waals surface area contributed by atoms with Gasteiger partial charge in [-0.25, -0.2) is 9.29 Å². The van der Waals surface area contributed by atoms with Crippen LogP contribution < -0.4 is 20.3 Å². The summed E-state index contributed by atoms with van der Waals surface area (Å²) in [5.74, 6) is -1.15. The van der Waals surface area contributed by atoms with Crippen LogP contribution in [0.25, 0.3) is 0 Å². The van der Waals surface area contributed by atoms with Crippen LogP contribution in [0.1, 0.15) is 10.4 Å². The van der Waals surface area contributed by atoms with E-state index in [2.05, 4.69) is 10.6 Å². The Morgan fingerprint density at radius 2 is 1.41 bits per heavy atom. The number of hydrogen-bond donors (Lipinski definition) is 2.